The number of rotatable bonds is 6. The van der Waals surface area contributed by atoms with Crippen LogP contribution in [0.15, 0.2) is 35.3 Å². The summed E-state index contributed by atoms with van der Waals surface area (Å²) in [5.74, 6) is -0.491. The third kappa shape index (κ3) is 3.85. The third-order valence-electron chi connectivity index (χ3n) is 3.95. The highest BCUT2D eigenvalue weighted by Crippen LogP contribution is 2.42. The fourth-order valence-corrected chi connectivity index (χ4v) is 2.81. The van der Waals surface area contributed by atoms with Crippen molar-refractivity contribution in [3.05, 3.63) is 56.8 Å². The van der Waals surface area contributed by atoms with Crippen LogP contribution in [0.3, 0.4) is 0 Å². The van der Waals surface area contributed by atoms with Crippen LogP contribution in [-0.2, 0) is 4.74 Å². The van der Waals surface area contributed by atoms with Crippen molar-refractivity contribution in [3.63, 3.8) is 0 Å². The first kappa shape index (κ1) is 19.0. The molecule has 0 aromatic heterocycles. The van der Waals surface area contributed by atoms with E-state index in [9.17, 15) is 14.5 Å². The fourth-order valence-electron chi connectivity index (χ4n) is 2.63. The van der Waals surface area contributed by atoms with Crippen LogP contribution < -0.4 is 15.4 Å². The lowest BCUT2D eigenvalue weighted by Gasteiger charge is -2.29. The van der Waals surface area contributed by atoms with Crippen LogP contribution in [-0.4, -0.2) is 31.6 Å². The van der Waals surface area contributed by atoms with Crippen molar-refractivity contribution in [2.24, 2.45) is 10.7 Å². The van der Waals surface area contributed by atoms with Crippen LogP contribution in [0.4, 0.5) is 21.5 Å². The molecule has 1 unspecified atom stereocenters. The zero-order valence-electron chi connectivity index (χ0n) is 14.3. The number of anilines is 2. The van der Waals surface area contributed by atoms with E-state index in [1.54, 1.807) is 4.90 Å². The molecule has 0 saturated heterocycles. The molecule has 2 aromatic rings. The molecule has 10 heteroatoms. The van der Waals surface area contributed by atoms with E-state index >= 15 is 0 Å². The summed E-state index contributed by atoms with van der Waals surface area (Å²) in [7, 11) is 1.50. The standard InChI is InChI=1S/C17H16ClFN4O4/c1-26-4-5-27-16-8-14-11(7-15(16)23(24)25)17(20)21-9-22(14)10-2-3-13(19)12(18)6-10/h2-3,6-9,17H,4-5,20H2,1H3. The van der Waals surface area contributed by atoms with Crippen molar-refractivity contribution < 1.29 is 18.8 Å². The van der Waals surface area contributed by atoms with Gasteiger partial charge in [0.05, 0.1) is 28.6 Å². The summed E-state index contributed by atoms with van der Waals surface area (Å²) in [4.78, 5) is 16.6. The van der Waals surface area contributed by atoms with Crippen molar-refractivity contribution in [1.29, 1.82) is 0 Å². The smallest absolute Gasteiger partial charge is 0.311 e. The van der Waals surface area contributed by atoms with Crippen molar-refractivity contribution >= 4 is 35.0 Å². The summed E-state index contributed by atoms with van der Waals surface area (Å²) in [5, 5.41) is 11.4. The van der Waals surface area contributed by atoms with Gasteiger partial charge < -0.3 is 20.1 Å². The Bertz CT molecular complexity index is 909. The first-order valence-corrected chi connectivity index (χ1v) is 8.27. The topological polar surface area (TPSA) is 103 Å². The zero-order valence-corrected chi connectivity index (χ0v) is 15.0. The molecule has 3 rings (SSSR count). The van der Waals surface area contributed by atoms with Crippen molar-refractivity contribution in [3.8, 4) is 5.75 Å². The van der Waals surface area contributed by atoms with Crippen LogP contribution in [0.25, 0.3) is 0 Å². The van der Waals surface area contributed by atoms with E-state index in [1.165, 1.54) is 43.8 Å². The molecule has 2 aromatic carbocycles. The largest absolute Gasteiger partial charge is 0.484 e. The summed E-state index contributed by atoms with van der Waals surface area (Å²) in [6, 6.07) is 7.00. The maximum atomic E-state index is 13.5. The van der Waals surface area contributed by atoms with E-state index < -0.39 is 16.9 Å². The van der Waals surface area contributed by atoms with Crippen molar-refractivity contribution in [2.75, 3.05) is 25.2 Å². The van der Waals surface area contributed by atoms with Crippen LogP contribution >= 0.6 is 11.6 Å². The molecule has 0 saturated carbocycles. The van der Waals surface area contributed by atoms with Gasteiger partial charge in [0, 0.05) is 30.5 Å². The maximum Gasteiger partial charge on any atom is 0.311 e. The van der Waals surface area contributed by atoms with Gasteiger partial charge in [0.15, 0.2) is 5.75 Å². The highest BCUT2D eigenvalue weighted by molar-refractivity contribution is 6.31. The highest BCUT2D eigenvalue weighted by Gasteiger charge is 2.28. The number of benzene rings is 2. The second-order valence-corrected chi connectivity index (χ2v) is 6.06. The summed E-state index contributed by atoms with van der Waals surface area (Å²) < 4.78 is 23.9. The van der Waals surface area contributed by atoms with Gasteiger partial charge in [-0.05, 0) is 18.2 Å². The molecule has 1 aliphatic heterocycles. The van der Waals surface area contributed by atoms with E-state index in [0.29, 0.717) is 16.9 Å². The number of nitrogens with two attached hydrogens (primary N) is 1. The van der Waals surface area contributed by atoms with E-state index in [-0.39, 0.29) is 29.7 Å². The quantitative estimate of drug-likeness (QED) is 0.456. The number of fused-ring (bicyclic) bond motifs is 1. The van der Waals surface area contributed by atoms with E-state index in [4.69, 9.17) is 26.8 Å². The lowest BCUT2D eigenvalue weighted by atomic mass is 10.1. The minimum absolute atomic E-state index is 0.0594. The molecule has 0 radical (unpaired) electrons. The molecule has 0 spiro atoms. The number of nitro groups is 1. The molecule has 142 valence electrons. The summed E-state index contributed by atoms with van der Waals surface area (Å²) in [6.07, 6.45) is 0.681. The number of hydrogen-bond acceptors (Lipinski definition) is 7. The molecule has 1 heterocycles. The second-order valence-electron chi connectivity index (χ2n) is 5.65. The Labute approximate surface area is 159 Å². The molecule has 2 N–H and O–H groups in total. The Morgan fingerprint density at radius 2 is 2.15 bits per heavy atom. The van der Waals surface area contributed by atoms with Gasteiger partial charge >= 0.3 is 5.69 Å². The zero-order chi connectivity index (χ0) is 19.6. The molecule has 8 nitrogen and oxygen atoms in total. The third-order valence-corrected chi connectivity index (χ3v) is 4.24. The van der Waals surface area contributed by atoms with Crippen LogP contribution in [0.5, 0.6) is 5.75 Å². The molecule has 0 fully saturated rings. The highest BCUT2D eigenvalue weighted by atomic mass is 35.5. The number of ether oxygens (including phenoxy) is 2. The normalized spacial score (nSPS) is 15.6. The SMILES string of the molecule is COCCOc1cc2c(cc1[N+](=O)[O-])C(N)N=CN2c1ccc(F)c(Cl)c1. The lowest BCUT2D eigenvalue weighted by Crippen LogP contribution is -2.25. The molecule has 0 aliphatic carbocycles. The Balaban J connectivity index is 2.09. The van der Waals surface area contributed by atoms with Gasteiger partial charge in [-0.2, -0.15) is 0 Å². The maximum absolute atomic E-state index is 13.5. The number of halogens is 2. The first-order valence-electron chi connectivity index (χ1n) is 7.89. The lowest BCUT2D eigenvalue weighted by molar-refractivity contribution is -0.385. The molecule has 1 atom stereocenters. The second kappa shape index (κ2) is 7.87. The van der Waals surface area contributed by atoms with Gasteiger partial charge in [0.1, 0.15) is 18.6 Å². The average molecular weight is 395 g/mol. The van der Waals surface area contributed by atoms with Gasteiger partial charge in [0.2, 0.25) is 0 Å². The summed E-state index contributed by atoms with van der Waals surface area (Å²) in [6.45, 7) is 0.408. The van der Waals surface area contributed by atoms with E-state index in [1.807, 2.05) is 0 Å². The summed E-state index contributed by atoms with van der Waals surface area (Å²) >= 11 is 5.87. The Morgan fingerprint density at radius 3 is 2.81 bits per heavy atom. The molecule has 27 heavy (non-hydrogen) atoms. The van der Waals surface area contributed by atoms with E-state index in [2.05, 4.69) is 4.99 Å². The molecular weight excluding hydrogens is 379 g/mol. The average Bonchev–Trinajstić information content (AvgIpc) is 2.64. The number of nitrogens with zero attached hydrogens (tertiary/aromatic N) is 3. The van der Waals surface area contributed by atoms with Crippen LogP contribution in [0.2, 0.25) is 5.02 Å². The Hall–Kier alpha value is -2.75. The first-order chi connectivity index (χ1) is 12.9. The number of aliphatic imine (C=N–C) groups is 1. The minimum atomic E-state index is -0.779. The Kier molecular flexibility index (Phi) is 5.54. The molecule has 0 amide bonds. The molecule has 0 bridgehead atoms. The predicted molar refractivity (Wildman–Crippen MR) is 99.4 cm³/mol. The Morgan fingerprint density at radius 1 is 1.37 bits per heavy atom. The minimum Gasteiger partial charge on any atom is -0.484 e. The molecule has 1 aliphatic rings. The van der Waals surface area contributed by atoms with Crippen molar-refractivity contribution in [1.82, 2.24) is 0 Å². The number of nitro benzene ring substituents is 1. The van der Waals surface area contributed by atoms with Gasteiger partial charge in [-0.25, -0.2) is 4.39 Å². The van der Waals surface area contributed by atoms with Crippen LogP contribution in [0, 0.1) is 15.9 Å². The van der Waals surface area contributed by atoms with Gasteiger partial charge in [-0.3, -0.25) is 15.1 Å². The molecular formula is C17H16ClFN4O4. The number of methoxy groups -OCH3 is 1. The summed E-state index contributed by atoms with van der Waals surface area (Å²) in [5.41, 5.74) is 7.24. The van der Waals surface area contributed by atoms with Gasteiger partial charge in [-0.1, -0.05) is 11.6 Å². The van der Waals surface area contributed by atoms with E-state index in [0.717, 1.165) is 0 Å². The number of hydrogen-bond donors (Lipinski definition) is 1. The monoisotopic (exact) mass is 394 g/mol. The van der Waals surface area contributed by atoms with Gasteiger partial charge in [0.25, 0.3) is 0 Å². The predicted octanol–water partition coefficient (Wildman–Crippen LogP) is 3.55. The van der Waals surface area contributed by atoms with Gasteiger partial charge in [-0.15, -0.1) is 0 Å². The fraction of sp³-hybridized carbons (Fsp3) is 0.235. The van der Waals surface area contributed by atoms with Crippen LogP contribution in [0.1, 0.15) is 11.7 Å². The van der Waals surface area contributed by atoms with Crippen molar-refractivity contribution in [2.45, 2.75) is 6.17 Å².